The van der Waals surface area contributed by atoms with E-state index >= 15 is 0 Å². The van der Waals surface area contributed by atoms with Crippen LogP contribution in [0, 0.1) is 60.4 Å². The topological polar surface area (TPSA) is 17.1 Å². The molecular weight excluding hydrogens is 348 g/mol. The molecule has 0 aromatic heterocycles. The molecule has 24 heavy (non-hydrogen) atoms. The molecule has 0 radical (unpaired) electrons. The third-order valence-electron chi connectivity index (χ3n) is 3.42. The summed E-state index contributed by atoms with van der Waals surface area (Å²) >= 11 is 0. The van der Waals surface area contributed by atoms with Gasteiger partial charge in [0.25, 0.3) is 0 Å². The standard InChI is InChI=1S/C15H6F8O/c1-3-7(16)11(20)5(12(21)8(3)17)15(24)6-13(22)9(18)4(2)10(19)14(6)23/h1-2H3. The molecule has 0 spiro atoms. The summed E-state index contributed by atoms with van der Waals surface area (Å²) in [4.78, 5) is 11.9. The number of carbonyl (C=O) groups is 1. The van der Waals surface area contributed by atoms with E-state index in [0.29, 0.717) is 13.8 Å². The van der Waals surface area contributed by atoms with Crippen molar-refractivity contribution < 1.29 is 39.9 Å². The molecule has 128 valence electrons. The van der Waals surface area contributed by atoms with Crippen molar-refractivity contribution in [3.8, 4) is 0 Å². The lowest BCUT2D eigenvalue weighted by molar-refractivity contribution is 0.101. The minimum absolute atomic E-state index is 0.650. The van der Waals surface area contributed by atoms with E-state index in [1.54, 1.807) is 0 Å². The van der Waals surface area contributed by atoms with Crippen LogP contribution in [0.4, 0.5) is 35.1 Å². The zero-order chi connectivity index (χ0) is 18.5. The Hall–Kier alpha value is -2.45. The van der Waals surface area contributed by atoms with E-state index in [0.717, 1.165) is 0 Å². The fourth-order valence-electron chi connectivity index (χ4n) is 2.01. The van der Waals surface area contributed by atoms with Crippen LogP contribution < -0.4 is 0 Å². The van der Waals surface area contributed by atoms with Gasteiger partial charge in [-0.1, -0.05) is 0 Å². The summed E-state index contributed by atoms with van der Waals surface area (Å²) in [6.45, 7) is 1.30. The predicted octanol–water partition coefficient (Wildman–Crippen LogP) is 4.65. The van der Waals surface area contributed by atoms with Gasteiger partial charge in [-0.25, -0.2) is 35.1 Å². The zero-order valence-corrected chi connectivity index (χ0v) is 11.9. The van der Waals surface area contributed by atoms with Crippen LogP contribution in [0.2, 0.25) is 0 Å². The molecule has 0 aliphatic carbocycles. The van der Waals surface area contributed by atoms with Gasteiger partial charge in [0.2, 0.25) is 5.78 Å². The van der Waals surface area contributed by atoms with Crippen LogP contribution >= 0.6 is 0 Å². The van der Waals surface area contributed by atoms with Crippen molar-refractivity contribution in [2.75, 3.05) is 0 Å². The summed E-state index contributed by atoms with van der Waals surface area (Å²) in [7, 11) is 0. The molecule has 2 aromatic rings. The highest BCUT2D eigenvalue weighted by Gasteiger charge is 2.34. The number of carbonyl (C=O) groups excluding carboxylic acids is 1. The van der Waals surface area contributed by atoms with E-state index in [1.165, 1.54) is 0 Å². The molecule has 0 aliphatic heterocycles. The first-order valence-electron chi connectivity index (χ1n) is 6.22. The van der Waals surface area contributed by atoms with Crippen molar-refractivity contribution in [3.63, 3.8) is 0 Å². The quantitative estimate of drug-likeness (QED) is 0.436. The number of hydrogen-bond donors (Lipinski definition) is 0. The SMILES string of the molecule is Cc1c(F)c(F)c(C(=O)c2c(F)c(F)c(C)c(F)c2F)c(F)c1F. The Bertz CT molecular complexity index is 759. The van der Waals surface area contributed by atoms with Gasteiger partial charge in [0.1, 0.15) is 11.1 Å². The highest BCUT2D eigenvalue weighted by atomic mass is 19.2. The van der Waals surface area contributed by atoms with Crippen molar-refractivity contribution in [2.24, 2.45) is 0 Å². The average Bonchev–Trinajstić information content (AvgIpc) is 2.55. The molecule has 0 aliphatic rings. The molecule has 0 saturated heterocycles. The van der Waals surface area contributed by atoms with E-state index < -0.39 is 74.6 Å². The van der Waals surface area contributed by atoms with Crippen molar-refractivity contribution in [1.82, 2.24) is 0 Å². The van der Waals surface area contributed by atoms with Gasteiger partial charge in [0.15, 0.2) is 46.5 Å². The second-order valence-electron chi connectivity index (χ2n) is 4.84. The van der Waals surface area contributed by atoms with Gasteiger partial charge in [0.05, 0.1) is 0 Å². The Balaban J connectivity index is 2.87. The molecule has 0 bridgehead atoms. The monoisotopic (exact) mass is 354 g/mol. The van der Waals surface area contributed by atoms with E-state index in [1.807, 2.05) is 0 Å². The van der Waals surface area contributed by atoms with E-state index in [2.05, 4.69) is 0 Å². The van der Waals surface area contributed by atoms with Crippen LogP contribution in [0.1, 0.15) is 27.0 Å². The molecule has 0 atom stereocenters. The third kappa shape index (κ3) is 2.35. The van der Waals surface area contributed by atoms with Crippen molar-refractivity contribution >= 4 is 5.78 Å². The second-order valence-corrected chi connectivity index (χ2v) is 4.84. The van der Waals surface area contributed by atoms with Gasteiger partial charge < -0.3 is 0 Å². The largest absolute Gasteiger partial charge is 0.288 e. The van der Waals surface area contributed by atoms with E-state index in [4.69, 9.17) is 0 Å². The van der Waals surface area contributed by atoms with Gasteiger partial charge in [0, 0.05) is 11.1 Å². The molecule has 0 unspecified atom stereocenters. The second kappa shape index (κ2) is 5.88. The number of rotatable bonds is 2. The maximum absolute atomic E-state index is 13.7. The summed E-state index contributed by atoms with van der Waals surface area (Å²) in [6.07, 6.45) is 0. The minimum Gasteiger partial charge on any atom is -0.288 e. The average molecular weight is 354 g/mol. The number of halogens is 8. The molecule has 0 saturated carbocycles. The Morgan fingerprint density at radius 2 is 0.708 bits per heavy atom. The Labute approximate surface area is 129 Å². The summed E-state index contributed by atoms with van der Waals surface area (Å²) < 4.78 is 109. The Morgan fingerprint density at radius 3 is 0.917 bits per heavy atom. The first-order chi connectivity index (χ1) is 11.0. The summed E-state index contributed by atoms with van der Waals surface area (Å²) in [5.41, 5.74) is -6.25. The van der Waals surface area contributed by atoms with Crippen LogP contribution in [0.25, 0.3) is 0 Å². The fraction of sp³-hybridized carbons (Fsp3) is 0.133. The van der Waals surface area contributed by atoms with Crippen molar-refractivity contribution in [3.05, 3.63) is 68.8 Å². The number of hydrogen-bond acceptors (Lipinski definition) is 1. The van der Waals surface area contributed by atoms with E-state index in [9.17, 15) is 39.9 Å². The minimum atomic E-state index is -2.28. The van der Waals surface area contributed by atoms with Gasteiger partial charge in [-0.05, 0) is 13.8 Å². The van der Waals surface area contributed by atoms with Crippen LogP contribution in [0.5, 0.6) is 0 Å². The molecule has 2 aromatic carbocycles. The highest BCUT2D eigenvalue weighted by molar-refractivity contribution is 6.09. The number of ketones is 1. The fourth-order valence-corrected chi connectivity index (χ4v) is 2.01. The van der Waals surface area contributed by atoms with Gasteiger partial charge in [-0.15, -0.1) is 0 Å². The lowest BCUT2D eigenvalue weighted by Gasteiger charge is -2.12. The molecule has 9 heteroatoms. The van der Waals surface area contributed by atoms with Gasteiger partial charge >= 0.3 is 0 Å². The number of benzene rings is 2. The van der Waals surface area contributed by atoms with E-state index in [-0.39, 0.29) is 0 Å². The molecule has 0 heterocycles. The predicted molar refractivity (Wildman–Crippen MR) is 65.5 cm³/mol. The smallest absolute Gasteiger partial charge is 0.205 e. The summed E-state index contributed by atoms with van der Waals surface area (Å²) in [5, 5.41) is 0. The molecule has 1 nitrogen and oxygen atoms in total. The Morgan fingerprint density at radius 1 is 0.500 bits per heavy atom. The molecule has 2 rings (SSSR count). The van der Waals surface area contributed by atoms with Crippen LogP contribution in [-0.4, -0.2) is 5.78 Å². The molecule has 0 N–H and O–H groups in total. The zero-order valence-electron chi connectivity index (χ0n) is 11.9. The lowest BCUT2D eigenvalue weighted by Crippen LogP contribution is -2.18. The van der Waals surface area contributed by atoms with Gasteiger partial charge in [-0.3, -0.25) is 4.79 Å². The van der Waals surface area contributed by atoms with Crippen LogP contribution in [-0.2, 0) is 0 Å². The molecule has 0 amide bonds. The van der Waals surface area contributed by atoms with Crippen molar-refractivity contribution in [2.45, 2.75) is 13.8 Å². The maximum Gasteiger partial charge on any atom is 0.205 e. The first-order valence-corrected chi connectivity index (χ1v) is 6.22. The summed E-state index contributed by atoms with van der Waals surface area (Å²) in [5.74, 6) is -19.2. The molecular formula is C15H6F8O. The van der Waals surface area contributed by atoms with Crippen LogP contribution in [0.15, 0.2) is 0 Å². The Kier molecular flexibility index (Phi) is 4.38. The van der Waals surface area contributed by atoms with Gasteiger partial charge in [-0.2, -0.15) is 0 Å². The highest BCUT2D eigenvalue weighted by Crippen LogP contribution is 2.30. The third-order valence-corrected chi connectivity index (χ3v) is 3.42. The summed E-state index contributed by atoms with van der Waals surface area (Å²) in [6, 6.07) is 0. The van der Waals surface area contributed by atoms with Crippen molar-refractivity contribution in [1.29, 1.82) is 0 Å². The van der Waals surface area contributed by atoms with Crippen LogP contribution in [0.3, 0.4) is 0 Å². The first kappa shape index (κ1) is 17.9. The molecule has 0 fully saturated rings. The maximum atomic E-state index is 13.7. The lowest BCUT2D eigenvalue weighted by atomic mass is 9.97. The normalized spacial score (nSPS) is 11.1.